The van der Waals surface area contributed by atoms with Crippen LogP contribution in [0, 0.1) is 5.92 Å². The first-order valence-electron chi connectivity index (χ1n) is 15.9. The van der Waals surface area contributed by atoms with Crippen molar-refractivity contribution in [3.8, 4) is 0 Å². The van der Waals surface area contributed by atoms with Crippen LogP contribution in [0.3, 0.4) is 0 Å². The number of halogens is 1. The van der Waals surface area contributed by atoms with E-state index in [1.807, 2.05) is 48.5 Å². The van der Waals surface area contributed by atoms with Gasteiger partial charge in [0.15, 0.2) is 5.78 Å². The first kappa shape index (κ1) is 34.4. The number of carbonyl (C=O) groups is 3. The fraction of sp³-hybridized carbons (Fsp3) is 0.432. The lowest BCUT2D eigenvalue weighted by molar-refractivity contribution is -0.134. The number of esters is 1. The molecule has 1 aliphatic heterocycles. The number of nitrogens with one attached hydrogen (secondary N) is 2. The van der Waals surface area contributed by atoms with Crippen LogP contribution in [-0.4, -0.2) is 48.9 Å². The van der Waals surface area contributed by atoms with Crippen molar-refractivity contribution in [2.45, 2.75) is 75.8 Å². The highest BCUT2D eigenvalue weighted by Crippen LogP contribution is 2.58. The van der Waals surface area contributed by atoms with E-state index in [0.29, 0.717) is 12.0 Å². The molecule has 3 aromatic rings. The van der Waals surface area contributed by atoms with E-state index in [2.05, 4.69) is 34.9 Å². The second-order valence-corrected chi connectivity index (χ2v) is 12.8. The van der Waals surface area contributed by atoms with E-state index in [0.717, 1.165) is 55.5 Å². The quantitative estimate of drug-likeness (QED) is 0.242. The molecule has 8 heteroatoms. The molecule has 3 atom stereocenters. The van der Waals surface area contributed by atoms with Crippen LogP contribution >= 0.6 is 12.4 Å². The summed E-state index contributed by atoms with van der Waals surface area (Å²) >= 11 is 0. The highest BCUT2D eigenvalue weighted by molar-refractivity contribution is 5.97. The molecule has 1 fully saturated rings. The molecular formula is C37H46ClN3O4. The summed E-state index contributed by atoms with van der Waals surface area (Å²) in [6.45, 7) is 6.94. The smallest absolute Gasteiger partial charge is 0.338 e. The van der Waals surface area contributed by atoms with Gasteiger partial charge >= 0.3 is 5.97 Å². The highest BCUT2D eigenvalue weighted by Gasteiger charge is 2.57. The Morgan fingerprint density at radius 3 is 2.24 bits per heavy atom. The number of amides is 1. The fourth-order valence-corrected chi connectivity index (χ4v) is 7.29. The molecule has 1 aliphatic carbocycles. The van der Waals surface area contributed by atoms with Crippen LogP contribution in [0.4, 0.5) is 0 Å². The molecule has 0 radical (unpaired) electrons. The lowest BCUT2D eigenvalue weighted by atomic mass is 9.63. The van der Waals surface area contributed by atoms with Crippen molar-refractivity contribution in [1.29, 1.82) is 0 Å². The zero-order chi connectivity index (χ0) is 31.3. The molecule has 1 heterocycles. The lowest BCUT2D eigenvalue weighted by Crippen LogP contribution is -2.57. The second kappa shape index (κ2) is 14.7. The third kappa shape index (κ3) is 7.16. The van der Waals surface area contributed by atoms with Gasteiger partial charge in [0.2, 0.25) is 5.91 Å². The zero-order valence-electron chi connectivity index (χ0n) is 26.5. The molecule has 7 nitrogen and oxygen atoms in total. The summed E-state index contributed by atoms with van der Waals surface area (Å²) in [7, 11) is 0. The summed E-state index contributed by atoms with van der Waals surface area (Å²) in [6, 6.07) is 25.3. The third-order valence-electron chi connectivity index (χ3n) is 9.39. The molecule has 1 amide bonds. The van der Waals surface area contributed by atoms with Crippen LogP contribution in [-0.2, 0) is 26.2 Å². The van der Waals surface area contributed by atoms with Gasteiger partial charge in [-0.3, -0.25) is 9.59 Å². The molecule has 4 N–H and O–H groups in total. The number of ketones is 1. The Morgan fingerprint density at radius 1 is 0.956 bits per heavy atom. The maximum absolute atomic E-state index is 15.2. The van der Waals surface area contributed by atoms with E-state index >= 15 is 4.79 Å². The molecule has 0 bridgehead atoms. The van der Waals surface area contributed by atoms with Crippen molar-refractivity contribution in [3.05, 3.63) is 107 Å². The van der Waals surface area contributed by atoms with Crippen molar-refractivity contribution in [1.82, 2.24) is 10.6 Å². The predicted molar refractivity (Wildman–Crippen MR) is 180 cm³/mol. The lowest BCUT2D eigenvalue weighted by Gasteiger charge is -2.42. The van der Waals surface area contributed by atoms with Gasteiger partial charge in [-0.1, -0.05) is 72.8 Å². The number of ether oxygens (including phenoxy) is 1. The SMILES string of the molecule is CCOC(=O)c1ccccc1C1c2ccccc2C2(CCNCC2)C1C(=O)C(CCCc1ccccc1)NC(=O)C(C)(C)N.Cl. The summed E-state index contributed by atoms with van der Waals surface area (Å²) in [5.41, 5.74) is 9.33. The summed E-state index contributed by atoms with van der Waals surface area (Å²) in [6.07, 6.45) is 3.58. The van der Waals surface area contributed by atoms with Crippen LogP contribution in [0.2, 0.25) is 0 Å². The fourth-order valence-electron chi connectivity index (χ4n) is 7.29. The Bertz CT molecular complexity index is 1480. The van der Waals surface area contributed by atoms with Crippen LogP contribution < -0.4 is 16.4 Å². The van der Waals surface area contributed by atoms with Gasteiger partial charge in [-0.05, 0) is 94.3 Å². The molecule has 240 valence electrons. The minimum absolute atomic E-state index is 0. The van der Waals surface area contributed by atoms with Crippen LogP contribution in [0.5, 0.6) is 0 Å². The molecule has 1 spiro atoms. The first-order chi connectivity index (χ1) is 21.2. The standard InChI is InChI=1S/C37H45N3O4.ClH/c1-4-44-34(42)27-17-9-8-16-26(27)31-28-18-10-11-19-29(28)37(21-23-39-24-22-37)32(31)33(41)30(40-35(43)36(2,3)38)20-12-15-25-13-6-5-7-14-25;/h5-11,13-14,16-19,30-32,39H,4,12,15,20-24,38H2,1-3H3,(H,40,43);1H. The van der Waals surface area contributed by atoms with E-state index in [9.17, 15) is 9.59 Å². The number of benzene rings is 3. The molecular weight excluding hydrogens is 586 g/mol. The van der Waals surface area contributed by atoms with E-state index in [1.54, 1.807) is 26.8 Å². The van der Waals surface area contributed by atoms with Gasteiger partial charge < -0.3 is 21.1 Å². The van der Waals surface area contributed by atoms with Gasteiger partial charge in [-0.15, -0.1) is 12.4 Å². The third-order valence-corrected chi connectivity index (χ3v) is 9.39. The zero-order valence-corrected chi connectivity index (χ0v) is 27.3. The molecule has 0 saturated carbocycles. The van der Waals surface area contributed by atoms with Crippen LogP contribution in [0.25, 0.3) is 0 Å². The monoisotopic (exact) mass is 631 g/mol. The average Bonchev–Trinajstić information content (AvgIpc) is 3.29. The Hall–Kier alpha value is -3.52. The molecule has 45 heavy (non-hydrogen) atoms. The first-order valence-corrected chi connectivity index (χ1v) is 15.9. The second-order valence-electron chi connectivity index (χ2n) is 12.8. The normalized spacial score (nSPS) is 19.2. The molecule has 3 aromatic carbocycles. The van der Waals surface area contributed by atoms with Gasteiger partial charge in [0.25, 0.3) is 0 Å². The number of carbonyl (C=O) groups excluding carboxylic acids is 3. The summed E-state index contributed by atoms with van der Waals surface area (Å²) in [5, 5.41) is 6.57. The Balaban J connectivity index is 0.00000461. The molecule has 0 aromatic heterocycles. The summed E-state index contributed by atoms with van der Waals surface area (Å²) in [4.78, 5) is 41.8. The molecule has 2 aliphatic rings. The number of piperidine rings is 1. The van der Waals surface area contributed by atoms with E-state index in [4.69, 9.17) is 10.5 Å². The minimum Gasteiger partial charge on any atom is -0.462 e. The Morgan fingerprint density at radius 2 is 1.58 bits per heavy atom. The van der Waals surface area contributed by atoms with Crippen molar-refractivity contribution >= 4 is 30.1 Å². The number of Topliss-reactive ketones (excluding diaryl/α,β-unsaturated/α-hetero) is 1. The number of rotatable bonds is 11. The maximum Gasteiger partial charge on any atom is 0.338 e. The van der Waals surface area contributed by atoms with Gasteiger partial charge in [0.1, 0.15) is 0 Å². The topological polar surface area (TPSA) is 111 Å². The van der Waals surface area contributed by atoms with Crippen LogP contribution in [0.15, 0.2) is 78.9 Å². The minimum atomic E-state index is -1.14. The van der Waals surface area contributed by atoms with Crippen LogP contribution in [0.1, 0.15) is 85.0 Å². The van der Waals surface area contributed by atoms with Gasteiger partial charge in [-0.25, -0.2) is 4.79 Å². The molecule has 5 rings (SSSR count). The highest BCUT2D eigenvalue weighted by atomic mass is 35.5. The van der Waals surface area contributed by atoms with Crippen molar-refractivity contribution in [3.63, 3.8) is 0 Å². The number of fused-ring (bicyclic) bond motifs is 2. The van der Waals surface area contributed by atoms with Crippen molar-refractivity contribution < 1.29 is 19.1 Å². The summed E-state index contributed by atoms with van der Waals surface area (Å²) < 4.78 is 5.48. The summed E-state index contributed by atoms with van der Waals surface area (Å²) in [5.74, 6) is -1.60. The van der Waals surface area contributed by atoms with Gasteiger partial charge in [0.05, 0.1) is 23.8 Å². The largest absolute Gasteiger partial charge is 0.462 e. The molecule has 3 unspecified atom stereocenters. The number of hydrogen-bond donors (Lipinski definition) is 3. The average molecular weight is 632 g/mol. The molecule has 1 saturated heterocycles. The van der Waals surface area contributed by atoms with Crippen molar-refractivity contribution in [2.24, 2.45) is 11.7 Å². The van der Waals surface area contributed by atoms with E-state index < -0.39 is 28.9 Å². The van der Waals surface area contributed by atoms with E-state index in [-0.39, 0.29) is 36.6 Å². The Labute approximate surface area is 273 Å². The predicted octanol–water partition coefficient (Wildman–Crippen LogP) is 5.48. The maximum atomic E-state index is 15.2. The number of aryl methyl sites for hydroxylation is 1. The Kier molecular flexibility index (Phi) is 11.2. The van der Waals surface area contributed by atoms with Crippen molar-refractivity contribution in [2.75, 3.05) is 19.7 Å². The van der Waals surface area contributed by atoms with E-state index in [1.165, 1.54) is 5.56 Å². The number of hydrogen-bond acceptors (Lipinski definition) is 6. The number of nitrogens with two attached hydrogens (primary N) is 1. The van der Waals surface area contributed by atoms with Gasteiger partial charge in [-0.2, -0.15) is 0 Å². The van der Waals surface area contributed by atoms with Gasteiger partial charge in [0, 0.05) is 17.3 Å².